The minimum absolute atomic E-state index is 0.112. The smallest absolute Gasteiger partial charge is 0.250 e. The zero-order valence-corrected chi connectivity index (χ0v) is 9.20. The second kappa shape index (κ2) is 4.62. The van der Waals surface area contributed by atoms with Gasteiger partial charge in [0.05, 0.1) is 0 Å². The lowest BCUT2D eigenvalue weighted by Gasteiger charge is -2.06. The van der Waals surface area contributed by atoms with E-state index < -0.39 is 0 Å². The molecule has 15 heavy (non-hydrogen) atoms. The molecule has 0 unspecified atom stereocenters. The summed E-state index contributed by atoms with van der Waals surface area (Å²) in [6.45, 7) is 3.78. The van der Waals surface area contributed by atoms with Gasteiger partial charge in [0.1, 0.15) is 0 Å². The predicted molar refractivity (Wildman–Crippen MR) is 61.1 cm³/mol. The highest BCUT2D eigenvalue weighted by molar-refractivity contribution is 5.07. The third kappa shape index (κ3) is 3.20. The molecule has 0 saturated heterocycles. The minimum atomic E-state index is 0.112. The monoisotopic (exact) mass is 206 g/mol. The maximum absolute atomic E-state index is 11.5. The molecule has 1 saturated carbocycles. The molecule has 1 aromatic rings. The lowest BCUT2D eigenvalue weighted by molar-refractivity contribution is 0.568. The van der Waals surface area contributed by atoms with Crippen molar-refractivity contribution >= 4 is 0 Å². The third-order valence-electron chi connectivity index (χ3n) is 2.74. The van der Waals surface area contributed by atoms with Crippen LogP contribution in [0, 0.1) is 6.92 Å². The Kier molecular flexibility index (Phi) is 3.21. The first-order valence-corrected chi connectivity index (χ1v) is 5.66. The molecule has 0 spiro atoms. The van der Waals surface area contributed by atoms with Gasteiger partial charge < -0.3 is 9.88 Å². The minimum Gasteiger partial charge on any atom is -0.315 e. The van der Waals surface area contributed by atoms with Gasteiger partial charge in [-0.1, -0.05) is 0 Å². The van der Waals surface area contributed by atoms with Crippen LogP contribution in [0.2, 0.25) is 0 Å². The first-order chi connectivity index (χ1) is 7.25. The molecule has 3 nitrogen and oxygen atoms in total. The Morgan fingerprint density at radius 3 is 3.00 bits per heavy atom. The molecule has 1 N–H and O–H groups in total. The van der Waals surface area contributed by atoms with Gasteiger partial charge in [-0.2, -0.15) is 0 Å². The number of hydrogen-bond acceptors (Lipinski definition) is 2. The second-order valence-electron chi connectivity index (χ2n) is 4.32. The van der Waals surface area contributed by atoms with E-state index in [-0.39, 0.29) is 5.56 Å². The molecule has 0 atom stereocenters. The van der Waals surface area contributed by atoms with Crippen molar-refractivity contribution in [3.05, 3.63) is 34.2 Å². The van der Waals surface area contributed by atoms with Crippen LogP contribution in [0.4, 0.5) is 0 Å². The van der Waals surface area contributed by atoms with Gasteiger partial charge in [-0.25, -0.2) is 0 Å². The van der Waals surface area contributed by atoms with Crippen molar-refractivity contribution in [2.24, 2.45) is 0 Å². The summed E-state index contributed by atoms with van der Waals surface area (Å²) in [5.74, 6) is 0. The van der Waals surface area contributed by atoms with Crippen LogP contribution < -0.4 is 10.9 Å². The number of aryl methyl sites for hydroxylation is 2. The van der Waals surface area contributed by atoms with Crippen molar-refractivity contribution in [1.82, 2.24) is 9.88 Å². The van der Waals surface area contributed by atoms with E-state index in [1.54, 1.807) is 10.6 Å². The van der Waals surface area contributed by atoms with Gasteiger partial charge in [-0.05, 0) is 44.4 Å². The van der Waals surface area contributed by atoms with Crippen LogP contribution in [-0.4, -0.2) is 17.2 Å². The average Bonchev–Trinajstić information content (AvgIpc) is 2.99. The standard InChI is InChI=1S/C12H18N2O/c1-10-5-8-14(12(15)9-10)7-2-6-13-11-3-4-11/h5,8-9,11,13H,2-4,6-7H2,1H3. The maximum Gasteiger partial charge on any atom is 0.250 e. The third-order valence-corrected chi connectivity index (χ3v) is 2.74. The van der Waals surface area contributed by atoms with Crippen LogP contribution in [0.5, 0.6) is 0 Å². The Morgan fingerprint density at radius 2 is 2.33 bits per heavy atom. The molecule has 0 radical (unpaired) electrons. The summed E-state index contributed by atoms with van der Waals surface area (Å²) < 4.78 is 1.78. The van der Waals surface area contributed by atoms with E-state index in [9.17, 15) is 4.79 Å². The normalized spacial score (nSPS) is 15.5. The Hall–Kier alpha value is -1.09. The highest BCUT2D eigenvalue weighted by Gasteiger charge is 2.19. The number of aromatic nitrogens is 1. The van der Waals surface area contributed by atoms with Crippen molar-refractivity contribution in [3.63, 3.8) is 0 Å². The lowest BCUT2D eigenvalue weighted by atomic mass is 10.3. The van der Waals surface area contributed by atoms with Crippen LogP contribution in [0.3, 0.4) is 0 Å². The molecule has 0 amide bonds. The second-order valence-corrected chi connectivity index (χ2v) is 4.32. The topological polar surface area (TPSA) is 34.0 Å². The first-order valence-electron chi connectivity index (χ1n) is 5.66. The van der Waals surface area contributed by atoms with E-state index in [1.807, 2.05) is 19.2 Å². The SMILES string of the molecule is Cc1ccn(CCCNC2CC2)c(=O)c1. The fraction of sp³-hybridized carbons (Fsp3) is 0.583. The van der Waals surface area contributed by atoms with Gasteiger partial charge in [-0.3, -0.25) is 4.79 Å². The van der Waals surface area contributed by atoms with Crippen LogP contribution in [0.15, 0.2) is 23.1 Å². The van der Waals surface area contributed by atoms with Gasteiger partial charge in [0.15, 0.2) is 0 Å². The van der Waals surface area contributed by atoms with E-state index in [0.29, 0.717) is 0 Å². The first kappa shape index (κ1) is 10.4. The summed E-state index contributed by atoms with van der Waals surface area (Å²) in [4.78, 5) is 11.5. The van der Waals surface area contributed by atoms with Gasteiger partial charge in [-0.15, -0.1) is 0 Å². The van der Waals surface area contributed by atoms with Gasteiger partial charge in [0.2, 0.25) is 0 Å². The molecule has 1 heterocycles. The van der Waals surface area contributed by atoms with E-state index in [1.165, 1.54) is 12.8 Å². The quantitative estimate of drug-likeness (QED) is 0.737. The van der Waals surface area contributed by atoms with Crippen molar-refractivity contribution in [2.45, 2.75) is 38.8 Å². The van der Waals surface area contributed by atoms with Crippen LogP contribution in [0.1, 0.15) is 24.8 Å². The predicted octanol–water partition coefficient (Wildman–Crippen LogP) is 1.30. The zero-order valence-electron chi connectivity index (χ0n) is 9.20. The van der Waals surface area contributed by atoms with E-state index in [0.717, 1.165) is 31.1 Å². The molecule has 3 heteroatoms. The van der Waals surface area contributed by atoms with Gasteiger partial charge >= 0.3 is 0 Å². The molecular formula is C12H18N2O. The van der Waals surface area contributed by atoms with Crippen LogP contribution >= 0.6 is 0 Å². The summed E-state index contributed by atoms with van der Waals surface area (Å²) in [6, 6.07) is 4.43. The number of nitrogens with zero attached hydrogens (tertiary/aromatic N) is 1. The molecule has 2 rings (SSSR count). The molecular weight excluding hydrogens is 188 g/mol. The van der Waals surface area contributed by atoms with E-state index in [4.69, 9.17) is 0 Å². The molecule has 0 aliphatic heterocycles. The highest BCUT2D eigenvalue weighted by atomic mass is 16.1. The average molecular weight is 206 g/mol. The molecule has 82 valence electrons. The number of pyridine rings is 1. The van der Waals surface area contributed by atoms with Gasteiger partial charge in [0.25, 0.3) is 5.56 Å². The van der Waals surface area contributed by atoms with Crippen LogP contribution in [-0.2, 0) is 6.54 Å². The van der Waals surface area contributed by atoms with E-state index in [2.05, 4.69) is 5.32 Å². The molecule has 1 fully saturated rings. The summed E-state index contributed by atoms with van der Waals surface area (Å²) in [6.07, 6.45) is 5.56. The Morgan fingerprint density at radius 1 is 1.53 bits per heavy atom. The molecule has 1 aliphatic carbocycles. The largest absolute Gasteiger partial charge is 0.315 e. The Labute approximate surface area is 90.1 Å². The fourth-order valence-corrected chi connectivity index (χ4v) is 1.63. The summed E-state index contributed by atoms with van der Waals surface area (Å²) in [5, 5.41) is 3.44. The Bertz CT molecular complexity index is 379. The van der Waals surface area contributed by atoms with Crippen LogP contribution in [0.25, 0.3) is 0 Å². The zero-order chi connectivity index (χ0) is 10.7. The number of rotatable bonds is 5. The molecule has 0 aromatic carbocycles. The lowest BCUT2D eigenvalue weighted by Crippen LogP contribution is -2.23. The number of hydrogen-bond donors (Lipinski definition) is 1. The fourth-order valence-electron chi connectivity index (χ4n) is 1.63. The summed E-state index contributed by atoms with van der Waals surface area (Å²) in [5.41, 5.74) is 1.15. The summed E-state index contributed by atoms with van der Waals surface area (Å²) in [7, 11) is 0. The number of nitrogens with one attached hydrogen (secondary N) is 1. The van der Waals surface area contributed by atoms with E-state index >= 15 is 0 Å². The Balaban J connectivity index is 1.79. The van der Waals surface area contributed by atoms with Gasteiger partial charge in [0, 0.05) is 24.8 Å². The van der Waals surface area contributed by atoms with Crippen molar-refractivity contribution in [2.75, 3.05) is 6.54 Å². The van der Waals surface area contributed by atoms with Crippen molar-refractivity contribution in [1.29, 1.82) is 0 Å². The molecule has 1 aromatic heterocycles. The molecule has 1 aliphatic rings. The summed E-state index contributed by atoms with van der Waals surface area (Å²) >= 11 is 0. The van der Waals surface area contributed by atoms with Crippen molar-refractivity contribution < 1.29 is 0 Å². The van der Waals surface area contributed by atoms with Crippen molar-refractivity contribution in [3.8, 4) is 0 Å². The molecule has 0 bridgehead atoms. The highest BCUT2D eigenvalue weighted by Crippen LogP contribution is 2.18. The maximum atomic E-state index is 11.5.